The van der Waals surface area contributed by atoms with Crippen LogP contribution in [0.4, 0.5) is 0 Å². The summed E-state index contributed by atoms with van der Waals surface area (Å²) in [5, 5.41) is 6.29. The van der Waals surface area contributed by atoms with Crippen LogP contribution in [0.2, 0.25) is 0 Å². The van der Waals surface area contributed by atoms with Crippen molar-refractivity contribution in [3.05, 3.63) is 23.7 Å². The molecule has 0 radical (unpaired) electrons. The van der Waals surface area contributed by atoms with Gasteiger partial charge in [0.2, 0.25) is 0 Å². The standard InChI is InChI=1S/C11H16N2O2/c1-8-10(4-7-15-8)11(14)13-9-2-5-12-6-3-9/h4,7,9,12H,2-3,5-6H2,1H3,(H,13,14). The highest BCUT2D eigenvalue weighted by Gasteiger charge is 2.18. The first-order valence-electron chi connectivity index (χ1n) is 5.33. The molecule has 1 aromatic rings. The molecular weight excluding hydrogens is 192 g/mol. The lowest BCUT2D eigenvalue weighted by Crippen LogP contribution is -2.42. The molecule has 0 saturated carbocycles. The van der Waals surface area contributed by atoms with Gasteiger partial charge in [0.15, 0.2) is 0 Å². The summed E-state index contributed by atoms with van der Waals surface area (Å²) in [4.78, 5) is 11.8. The normalized spacial score (nSPS) is 17.7. The van der Waals surface area contributed by atoms with E-state index in [9.17, 15) is 4.79 Å². The second-order valence-corrected chi connectivity index (χ2v) is 3.89. The average molecular weight is 208 g/mol. The number of hydrogen-bond acceptors (Lipinski definition) is 3. The van der Waals surface area contributed by atoms with Crippen LogP contribution in [0.1, 0.15) is 29.0 Å². The third kappa shape index (κ3) is 2.39. The molecule has 4 heteroatoms. The monoisotopic (exact) mass is 208 g/mol. The van der Waals surface area contributed by atoms with Crippen molar-refractivity contribution in [2.45, 2.75) is 25.8 Å². The highest BCUT2D eigenvalue weighted by atomic mass is 16.3. The van der Waals surface area contributed by atoms with Gasteiger partial charge >= 0.3 is 0 Å². The average Bonchev–Trinajstić information content (AvgIpc) is 2.66. The summed E-state index contributed by atoms with van der Waals surface area (Å²) in [6.07, 6.45) is 3.55. The third-order valence-electron chi connectivity index (χ3n) is 2.78. The largest absolute Gasteiger partial charge is 0.469 e. The number of amides is 1. The molecular formula is C11H16N2O2. The van der Waals surface area contributed by atoms with Crippen LogP contribution in [0.3, 0.4) is 0 Å². The molecule has 82 valence electrons. The second kappa shape index (κ2) is 4.49. The van der Waals surface area contributed by atoms with Crippen molar-refractivity contribution in [1.29, 1.82) is 0 Å². The quantitative estimate of drug-likeness (QED) is 0.764. The minimum Gasteiger partial charge on any atom is -0.469 e. The maximum absolute atomic E-state index is 11.8. The summed E-state index contributed by atoms with van der Waals surface area (Å²) < 4.78 is 5.10. The van der Waals surface area contributed by atoms with E-state index in [0.29, 0.717) is 17.4 Å². The summed E-state index contributed by atoms with van der Waals surface area (Å²) in [6, 6.07) is 2.01. The van der Waals surface area contributed by atoms with Crippen molar-refractivity contribution in [3.8, 4) is 0 Å². The van der Waals surface area contributed by atoms with Gasteiger partial charge in [-0.25, -0.2) is 0 Å². The lowest BCUT2D eigenvalue weighted by molar-refractivity contribution is 0.0928. The number of piperidine rings is 1. The Morgan fingerprint density at radius 2 is 2.27 bits per heavy atom. The van der Waals surface area contributed by atoms with E-state index in [1.165, 1.54) is 0 Å². The Kier molecular flexibility index (Phi) is 3.06. The first-order chi connectivity index (χ1) is 7.27. The molecule has 0 aromatic carbocycles. The first kappa shape index (κ1) is 10.2. The minimum atomic E-state index is -0.0202. The van der Waals surface area contributed by atoms with Crippen LogP contribution in [0.5, 0.6) is 0 Å². The number of aryl methyl sites for hydroxylation is 1. The second-order valence-electron chi connectivity index (χ2n) is 3.89. The van der Waals surface area contributed by atoms with Crippen LogP contribution in [-0.4, -0.2) is 25.0 Å². The summed E-state index contributed by atoms with van der Waals surface area (Å²) >= 11 is 0. The Bertz CT molecular complexity index is 340. The molecule has 0 bridgehead atoms. The van der Waals surface area contributed by atoms with Crippen molar-refractivity contribution in [1.82, 2.24) is 10.6 Å². The number of carbonyl (C=O) groups excluding carboxylic acids is 1. The first-order valence-corrected chi connectivity index (χ1v) is 5.33. The molecule has 1 aliphatic heterocycles. The van der Waals surface area contributed by atoms with E-state index in [-0.39, 0.29) is 5.91 Å². The molecule has 1 fully saturated rings. The smallest absolute Gasteiger partial charge is 0.255 e. The number of nitrogens with one attached hydrogen (secondary N) is 2. The maximum atomic E-state index is 11.8. The Morgan fingerprint density at radius 3 is 2.87 bits per heavy atom. The molecule has 2 rings (SSSR count). The fourth-order valence-electron chi connectivity index (χ4n) is 1.85. The van der Waals surface area contributed by atoms with Crippen molar-refractivity contribution >= 4 is 5.91 Å². The van der Waals surface area contributed by atoms with Crippen LogP contribution >= 0.6 is 0 Å². The molecule has 2 N–H and O–H groups in total. The molecule has 15 heavy (non-hydrogen) atoms. The van der Waals surface area contributed by atoms with Gasteiger partial charge < -0.3 is 15.1 Å². The number of hydrogen-bond donors (Lipinski definition) is 2. The highest BCUT2D eigenvalue weighted by molar-refractivity contribution is 5.95. The van der Waals surface area contributed by atoms with Gasteiger partial charge in [0, 0.05) is 6.04 Å². The van der Waals surface area contributed by atoms with E-state index in [1.807, 2.05) is 0 Å². The summed E-state index contributed by atoms with van der Waals surface area (Å²) in [5.41, 5.74) is 0.647. The third-order valence-corrected chi connectivity index (χ3v) is 2.78. The number of carbonyl (C=O) groups is 1. The van der Waals surface area contributed by atoms with Gasteiger partial charge in [-0.3, -0.25) is 4.79 Å². The molecule has 1 amide bonds. The van der Waals surface area contributed by atoms with Crippen LogP contribution in [0, 0.1) is 6.92 Å². The summed E-state index contributed by atoms with van der Waals surface area (Å²) in [5.74, 6) is 0.662. The van der Waals surface area contributed by atoms with Gasteiger partial charge in [0.05, 0.1) is 11.8 Å². The number of rotatable bonds is 2. The zero-order valence-corrected chi connectivity index (χ0v) is 8.88. The highest BCUT2D eigenvalue weighted by Crippen LogP contribution is 2.10. The fourth-order valence-corrected chi connectivity index (χ4v) is 1.85. The van der Waals surface area contributed by atoms with E-state index in [2.05, 4.69) is 10.6 Å². The molecule has 0 spiro atoms. The number of furan rings is 1. The Balaban J connectivity index is 1.94. The van der Waals surface area contributed by atoms with Crippen LogP contribution in [0.15, 0.2) is 16.7 Å². The van der Waals surface area contributed by atoms with E-state index in [0.717, 1.165) is 25.9 Å². The van der Waals surface area contributed by atoms with E-state index >= 15 is 0 Å². The molecule has 1 aromatic heterocycles. The lowest BCUT2D eigenvalue weighted by Gasteiger charge is -2.23. The van der Waals surface area contributed by atoms with E-state index < -0.39 is 0 Å². The van der Waals surface area contributed by atoms with Crippen molar-refractivity contribution < 1.29 is 9.21 Å². The molecule has 1 saturated heterocycles. The summed E-state index contributed by atoms with van der Waals surface area (Å²) in [6.45, 7) is 3.77. The Morgan fingerprint density at radius 1 is 1.53 bits per heavy atom. The van der Waals surface area contributed by atoms with Crippen molar-refractivity contribution in [2.75, 3.05) is 13.1 Å². The molecule has 1 aliphatic rings. The summed E-state index contributed by atoms with van der Waals surface area (Å²) in [7, 11) is 0. The van der Waals surface area contributed by atoms with Gasteiger partial charge in [-0.05, 0) is 38.9 Å². The van der Waals surface area contributed by atoms with Gasteiger partial charge in [-0.2, -0.15) is 0 Å². The SMILES string of the molecule is Cc1occc1C(=O)NC1CCNCC1. The van der Waals surface area contributed by atoms with E-state index in [1.54, 1.807) is 19.3 Å². The lowest BCUT2D eigenvalue weighted by atomic mass is 10.1. The topological polar surface area (TPSA) is 54.3 Å². The van der Waals surface area contributed by atoms with Crippen LogP contribution < -0.4 is 10.6 Å². The van der Waals surface area contributed by atoms with Crippen LogP contribution in [0.25, 0.3) is 0 Å². The maximum Gasteiger partial charge on any atom is 0.255 e. The zero-order chi connectivity index (χ0) is 10.7. The fraction of sp³-hybridized carbons (Fsp3) is 0.545. The predicted octanol–water partition coefficient (Wildman–Crippen LogP) is 1.07. The van der Waals surface area contributed by atoms with E-state index in [4.69, 9.17) is 4.42 Å². The predicted molar refractivity (Wildman–Crippen MR) is 56.8 cm³/mol. The van der Waals surface area contributed by atoms with Crippen molar-refractivity contribution in [2.24, 2.45) is 0 Å². The minimum absolute atomic E-state index is 0.0202. The van der Waals surface area contributed by atoms with Gasteiger partial charge in [0.25, 0.3) is 5.91 Å². The van der Waals surface area contributed by atoms with Gasteiger partial charge in [-0.15, -0.1) is 0 Å². The molecule has 0 aliphatic carbocycles. The molecule has 0 unspecified atom stereocenters. The van der Waals surface area contributed by atoms with Crippen molar-refractivity contribution in [3.63, 3.8) is 0 Å². The Labute approximate surface area is 89.0 Å². The van der Waals surface area contributed by atoms with Crippen LogP contribution in [-0.2, 0) is 0 Å². The molecule has 2 heterocycles. The molecule has 4 nitrogen and oxygen atoms in total. The zero-order valence-electron chi connectivity index (χ0n) is 8.88. The van der Waals surface area contributed by atoms with Gasteiger partial charge in [0.1, 0.15) is 5.76 Å². The van der Waals surface area contributed by atoms with Gasteiger partial charge in [-0.1, -0.05) is 0 Å². The molecule has 0 atom stereocenters. The Hall–Kier alpha value is -1.29.